The highest BCUT2D eigenvalue weighted by Crippen LogP contribution is 2.64. The number of carbonyl (C=O) groups excluding carboxylic acids is 2. The Morgan fingerprint density at radius 2 is 1.79 bits per heavy atom. The van der Waals surface area contributed by atoms with E-state index >= 15 is 0 Å². The van der Waals surface area contributed by atoms with E-state index < -0.39 is 11.9 Å². The monoisotopic (exact) mass is 536 g/mol. The molecule has 3 atom stereocenters. The van der Waals surface area contributed by atoms with Gasteiger partial charge in [-0.2, -0.15) is 0 Å². The van der Waals surface area contributed by atoms with Crippen molar-refractivity contribution in [2.24, 2.45) is 10.8 Å². The summed E-state index contributed by atoms with van der Waals surface area (Å²) in [5, 5.41) is 31.0. The SMILES string of the molecule is CC(C)=CC(=O)Oc1c(C(C)C)cc2c(c1O)[C@@H]1CCC[C@](C)(COC(=O)c3ccc(O)c(O)c3)[C@]1(C)CC2. The molecule has 4 rings (SSSR count). The zero-order valence-electron chi connectivity index (χ0n) is 23.8. The van der Waals surface area contributed by atoms with E-state index in [2.05, 4.69) is 19.9 Å². The van der Waals surface area contributed by atoms with Crippen molar-refractivity contribution < 1.29 is 34.4 Å². The minimum absolute atomic E-state index is 0.00136. The fraction of sp³-hybridized carbons (Fsp3) is 0.500. The number of esters is 2. The molecular formula is C32H40O7. The summed E-state index contributed by atoms with van der Waals surface area (Å²) in [6, 6.07) is 5.97. The molecular weight excluding hydrogens is 496 g/mol. The molecule has 0 spiro atoms. The summed E-state index contributed by atoms with van der Waals surface area (Å²) in [4.78, 5) is 25.4. The number of phenols is 3. The molecule has 0 aromatic heterocycles. The summed E-state index contributed by atoms with van der Waals surface area (Å²) in [5.74, 6) is -1.41. The first-order valence-corrected chi connectivity index (χ1v) is 13.7. The number of hydrogen-bond donors (Lipinski definition) is 3. The highest BCUT2D eigenvalue weighted by molar-refractivity contribution is 5.90. The van der Waals surface area contributed by atoms with Crippen molar-refractivity contribution in [2.45, 2.75) is 85.5 Å². The number of aromatic hydroxyl groups is 3. The first kappa shape index (κ1) is 28.5. The number of allylic oxidation sites excluding steroid dienone is 1. The minimum atomic E-state index is -0.564. The van der Waals surface area contributed by atoms with E-state index in [4.69, 9.17) is 9.47 Å². The second-order valence-corrected chi connectivity index (χ2v) is 12.2. The number of ether oxygens (including phenoxy) is 2. The number of hydrogen-bond acceptors (Lipinski definition) is 7. The van der Waals surface area contributed by atoms with Gasteiger partial charge in [-0.15, -0.1) is 0 Å². The van der Waals surface area contributed by atoms with Crippen LogP contribution in [-0.2, 0) is 16.0 Å². The predicted molar refractivity (Wildman–Crippen MR) is 148 cm³/mol. The van der Waals surface area contributed by atoms with E-state index in [-0.39, 0.29) is 57.8 Å². The number of benzene rings is 2. The second-order valence-electron chi connectivity index (χ2n) is 12.2. The Morgan fingerprint density at radius 3 is 2.44 bits per heavy atom. The van der Waals surface area contributed by atoms with Crippen LogP contribution in [0.2, 0.25) is 0 Å². The van der Waals surface area contributed by atoms with Crippen LogP contribution >= 0.6 is 0 Å². The maximum absolute atomic E-state index is 12.8. The van der Waals surface area contributed by atoms with Crippen molar-refractivity contribution in [1.29, 1.82) is 0 Å². The Morgan fingerprint density at radius 1 is 1.08 bits per heavy atom. The average Bonchev–Trinajstić information content (AvgIpc) is 2.86. The van der Waals surface area contributed by atoms with Gasteiger partial charge in [0.1, 0.15) is 0 Å². The molecule has 2 aliphatic rings. The number of phenolic OH excluding ortho intramolecular Hbond substituents is 3. The summed E-state index contributed by atoms with van der Waals surface area (Å²) in [5.41, 5.74) is 3.07. The van der Waals surface area contributed by atoms with Gasteiger partial charge in [0.2, 0.25) is 0 Å². The van der Waals surface area contributed by atoms with Crippen molar-refractivity contribution in [1.82, 2.24) is 0 Å². The normalized spacial score (nSPS) is 23.9. The van der Waals surface area contributed by atoms with Crippen LogP contribution in [0.15, 0.2) is 35.9 Å². The van der Waals surface area contributed by atoms with Gasteiger partial charge in [0.15, 0.2) is 23.0 Å². The van der Waals surface area contributed by atoms with Gasteiger partial charge >= 0.3 is 11.9 Å². The molecule has 0 unspecified atom stereocenters. The lowest BCUT2D eigenvalue weighted by molar-refractivity contribution is -0.129. The van der Waals surface area contributed by atoms with Crippen LogP contribution in [-0.4, -0.2) is 33.9 Å². The molecule has 7 nitrogen and oxygen atoms in total. The van der Waals surface area contributed by atoms with Crippen molar-refractivity contribution >= 4 is 11.9 Å². The van der Waals surface area contributed by atoms with Crippen molar-refractivity contribution in [3.05, 3.63) is 58.2 Å². The summed E-state index contributed by atoms with van der Waals surface area (Å²) in [6.45, 7) is 12.2. The molecule has 2 aliphatic carbocycles. The molecule has 0 radical (unpaired) electrons. The molecule has 0 aliphatic heterocycles. The number of rotatable bonds is 6. The predicted octanol–water partition coefficient (Wildman–Crippen LogP) is 6.88. The van der Waals surface area contributed by atoms with Gasteiger partial charge in [-0.1, -0.05) is 45.8 Å². The lowest BCUT2D eigenvalue weighted by Gasteiger charge is -2.57. The second kappa shape index (κ2) is 10.6. The standard InChI is InChI=1S/C32H40O7/c1-18(2)14-26(35)39-29-22(19(3)4)15-20-11-13-32(6)23(27(20)28(29)36)8-7-12-31(32,5)17-38-30(37)21-9-10-24(33)25(34)16-21/h9-10,14-16,19,23,33-34,36H,7-8,11-13,17H2,1-6H3/t23-,31+,32+/m0/s1. The topological polar surface area (TPSA) is 113 Å². The third-order valence-electron chi connectivity index (χ3n) is 9.00. The highest BCUT2D eigenvalue weighted by Gasteiger charge is 2.55. The van der Waals surface area contributed by atoms with Gasteiger partial charge in [0, 0.05) is 22.6 Å². The zero-order valence-corrected chi connectivity index (χ0v) is 23.8. The maximum atomic E-state index is 12.8. The maximum Gasteiger partial charge on any atom is 0.338 e. The molecule has 2 aromatic rings. The van der Waals surface area contributed by atoms with Crippen LogP contribution in [0, 0.1) is 10.8 Å². The summed E-state index contributed by atoms with van der Waals surface area (Å²) in [6.07, 6.45) is 5.67. The van der Waals surface area contributed by atoms with Gasteiger partial charge in [-0.3, -0.25) is 0 Å². The zero-order chi connectivity index (χ0) is 28.7. The number of carbonyl (C=O) groups is 2. The lowest BCUT2D eigenvalue weighted by atomic mass is 9.48. The van der Waals surface area contributed by atoms with Gasteiger partial charge in [0.25, 0.3) is 0 Å². The molecule has 1 fully saturated rings. The smallest absolute Gasteiger partial charge is 0.338 e. The van der Waals surface area contributed by atoms with Gasteiger partial charge in [0.05, 0.1) is 12.2 Å². The quantitative estimate of drug-likeness (QED) is 0.160. The van der Waals surface area contributed by atoms with Crippen LogP contribution in [0.25, 0.3) is 0 Å². The molecule has 0 saturated heterocycles. The molecule has 0 bridgehead atoms. The van der Waals surface area contributed by atoms with Crippen molar-refractivity contribution in [3.63, 3.8) is 0 Å². The Labute approximate surface area is 230 Å². The van der Waals surface area contributed by atoms with Gasteiger partial charge < -0.3 is 24.8 Å². The molecule has 1 saturated carbocycles. The molecule has 39 heavy (non-hydrogen) atoms. The van der Waals surface area contributed by atoms with Crippen molar-refractivity contribution in [3.8, 4) is 23.0 Å². The number of aryl methyl sites for hydroxylation is 1. The lowest BCUT2D eigenvalue weighted by Crippen LogP contribution is -2.50. The summed E-state index contributed by atoms with van der Waals surface area (Å²) >= 11 is 0. The average molecular weight is 537 g/mol. The molecule has 0 heterocycles. The van der Waals surface area contributed by atoms with E-state index in [0.717, 1.165) is 54.4 Å². The number of fused-ring (bicyclic) bond motifs is 3. The minimum Gasteiger partial charge on any atom is -0.504 e. The first-order chi connectivity index (χ1) is 18.3. The molecule has 0 amide bonds. The summed E-state index contributed by atoms with van der Waals surface area (Å²) < 4.78 is 11.5. The van der Waals surface area contributed by atoms with Crippen LogP contribution in [0.4, 0.5) is 0 Å². The Kier molecular flexibility index (Phi) is 7.75. The summed E-state index contributed by atoms with van der Waals surface area (Å²) in [7, 11) is 0. The first-order valence-electron chi connectivity index (χ1n) is 13.7. The third-order valence-corrected chi connectivity index (χ3v) is 9.00. The molecule has 2 aromatic carbocycles. The van der Waals surface area contributed by atoms with Gasteiger partial charge in [-0.25, -0.2) is 9.59 Å². The molecule has 210 valence electrons. The highest BCUT2D eigenvalue weighted by atomic mass is 16.5. The fourth-order valence-corrected chi connectivity index (χ4v) is 6.49. The molecule has 3 N–H and O–H groups in total. The Hall–Kier alpha value is -3.48. The van der Waals surface area contributed by atoms with Crippen LogP contribution < -0.4 is 4.74 Å². The largest absolute Gasteiger partial charge is 0.504 e. The van der Waals surface area contributed by atoms with E-state index in [1.807, 2.05) is 27.7 Å². The van der Waals surface area contributed by atoms with E-state index in [9.17, 15) is 24.9 Å². The van der Waals surface area contributed by atoms with Gasteiger partial charge in [-0.05, 0) is 80.5 Å². The van der Waals surface area contributed by atoms with Crippen LogP contribution in [0.1, 0.15) is 106 Å². The van der Waals surface area contributed by atoms with Crippen LogP contribution in [0.3, 0.4) is 0 Å². The van der Waals surface area contributed by atoms with E-state index in [1.54, 1.807) is 0 Å². The molecule has 7 heteroatoms. The Bertz CT molecular complexity index is 1320. The third kappa shape index (κ3) is 5.23. The van der Waals surface area contributed by atoms with E-state index in [0.29, 0.717) is 0 Å². The van der Waals surface area contributed by atoms with E-state index in [1.165, 1.54) is 24.3 Å². The van der Waals surface area contributed by atoms with Crippen LogP contribution in [0.5, 0.6) is 23.0 Å². The van der Waals surface area contributed by atoms with Crippen molar-refractivity contribution in [2.75, 3.05) is 6.61 Å². The Balaban J connectivity index is 1.68. The fourth-order valence-electron chi connectivity index (χ4n) is 6.49.